The summed E-state index contributed by atoms with van der Waals surface area (Å²) in [6, 6.07) is 3.67. The molecule has 1 N–H and O–H groups in total. The first-order chi connectivity index (χ1) is 10.5. The summed E-state index contributed by atoms with van der Waals surface area (Å²) < 4.78 is 12.0. The van der Waals surface area contributed by atoms with Gasteiger partial charge in [0.1, 0.15) is 5.70 Å². The maximum Gasteiger partial charge on any atom is 0.276 e. The van der Waals surface area contributed by atoms with E-state index < -0.39 is 0 Å². The zero-order valence-corrected chi connectivity index (χ0v) is 15.0. The summed E-state index contributed by atoms with van der Waals surface area (Å²) in [5.41, 5.74) is 1.24. The van der Waals surface area contributed by atoms with Crippen molar-refractivity contribution in [3.63, 3.8) is 0 Å². The van der Waals surface area contributed by atoms with Crippen molar-refractivity contribution >= 4 is 45.2 Å². The highest BCUT2D eigenvalue weighted by Gasteiger charge is 2.27. The third-order valence-electron chi connectivity index (χ3n) is 3.04. The predicted octanol–water partition coefficient (Wildman–Crippen LogP) is 2.93. The van der Waals surface area contributed by atoms with Crippen LogP contribution < -0.4 is 14.8 Å². The molecule has 2 rings (SSSR count). The Morgan fingerprint density at radius 3 is 2.36 bits per heavy atom. The van der Waals surface area contributed by atoms with E-state index in [9.17, 15) is 4.79 Å². The second-order valence-electron chi connectivity index (χ2n) is 4.54. The van der Waals surface area contributed by atoms with Gasteiger partial charge in [-0.25, -0.2) is 0 Å². The van der Waals surface area contributed by atoms with Crippen molar-refractivity contribution in [3.05, 3.63) is 27.9 Å². The van der Waals surface area contributed by atoms with E-state index in [0.717, 1.165) is 10.0 Å². The summed E-state index contributed by atoms with van der Waals surface area (Å²) in [7, 11) is 1.64. The van der Waals surface area contributed by atoms with Crippen molar-refractivity contribution in [1.82, 2.24) is 10.2 Å². The number of amides is 1. The van der Waals surface area contributed by atoms with Crippen molar-refractivity contribution in [1.29, 1.82) is 0 Å². The maximum atomic E-state index is 12.0. The Kier molecular flexibility index (Phi) is 5.42. The number of hydrogen-bond donors (Lipinski definition) is 1. The van der Waals surface area contributed by atoms with Gasteiger partial charge in [0.2, 0.25) is 0 Å². The number of likely N-dealkylation sites (N-methyl/N-ethyl adjacent to an activating group) is 1. The molecule has 1 heterocycles. The Labute approximate surface area is 143 Å². The van der Waals surface area contributed by atoms with E-state index in [1.807, 2.05) is 26.0 Å². The van der Waals surface area contributed by atoms with Crippen molar-refractivity contribution < 1.29 is 14.3 Å². The first-order valence-corrected chi connectivity index (χ1v) is 8.07. The fourth-order valence-electron chi connectivity index (χ4n) is 1.98. The molecule has 22 heavy (non-hydrogen) atoms. The van der Waals surface area contributed by atoms with E-state index in [1.165, 1.54) is 4.90 Å². The fourth-order valence-corrected chi connectivity index (χ4v) is 2.61. The first kappa shape index (κ1) is 16.8. The molecule has 0 unspecified atom stereocenters. The molecule has 1 aliphatic heterocycles. The Morgan fingerprint density at radius 1 is 1.27 bits per heavy atom. The van der Waals surface area contributed by atoms with Gasteiger partial charge in [0.15, 0.2) is 16.6 Å². The number of hydrogen-bond acceptors (Lipinski definition) is 4. The standard InChI is InChI=1S/C15H17BrN2O3S/c1-4-20-12-7-9(10(16)8-13(12)21-5-2)6-11-14(19)18(3)15(22)17-11/h6-8H,4-5H2,1-3H3,(H,17,22)/b11-6-. The molecule has 0 aromatic heterocycles. The number of rotatable bonds is 5. The van der Waals surface area contributed by atoms with Crippen LogP contribution in [0.3, 0.4) is 0 Å². The molecule has 1 aromatic carbocycles. The lowest BCUT2D eigenvalue weighted by Crippen LogP contribution is -2.25. The Hall–Kier alpha value is -1.60. The van der Waals surface area contributed by atoms with Crippen LogP contribution in [-0.4, -0.2) is 36.2 Å². The highest BCUT2D eigenvalue weighted by atomic mass is 79.9. The van der Waals surface area contributed by atoms with E-state index in [1.54, 1.807) is 13.1 Å². The Balaban J connectivity index is 2.41. The number of ether oxygens (including phenoxy) is 2. The number of benzene rings is 1. The molecule has 118 valence electrons. The average Bonchev–Trinajstić information content (AvgIpc) is 2.71. The third-order valence-corrected chi connectivity index (χ3v) is 4.11. The second-order valence-corrected chi connectivity index (χ2v) is 5.78. The van der Waals surface area contributed by atoms with Gasteiger partial charge in [-0.15, -0.1) is 0 Å². The molecular weight excluding hydrogens is 368 g/mol. The van der Waals surface area contributed by atoms with Gasteiger partial charge >= 0.3 is 0 Å². The van der Waals surface area contributed by atoms with Gasteiger partial charge in [-0.1, -0.05) is 15.9 Å². The smallest absolute Gasteiger partial charge is 0.276 e. The van der Waals surface area contributed by atoms with Crippen LogP contribution in [0.2, 0.25) is 0 Å². The monoisotopic (exact) mass is 384 g/mol. The largest absolute Gasteiger partial charge is 0.490 e. The van der Waals surface area contributed by atoms with Gasteiger partial charge in [0.05, 0.1) is 13.2 Å². The van der Waals surface area contributed by atoms with Gasteiger partial charge in [-0.2, -0.15) is 0 Å². The summed E-state index contributed by atoms with van der Waals surface area (Å²) in [5.74, 6) is 1.14. The van der Waals surface area contributed by atoms with Crippen LogP contribution in [0.25, 0.3) is 6.08 Å². The lowest BCUT2D eigenvalue weighted by Gasteiger charge is -2.13. The number of halogens is 1. The molecule has 7 heteroatoms. The van der Waals surface area contributed by atoms with Crippen LogP contribution in [0, 0.1) is 0 Å². The molecule has 0 saturated carbocycles. The molecule has 0 atom stereocenters. The van der Waals surface area contributed by atoms with E-state index in [4.69, 9.17) is 21.7 Å². The predicted molar refractivity (Wildman–Crippen MR) is 93.0 cm³/mol. The summed E-state index contributed by atoms with van der Waals surface area (Å²) in [5, 5.41) is 3.29. The average molecular weight is 385 g/mol. The summed E-state index contributed by atoms with van der Waals surface area (Å²) in [6.07, 6.45) is 1.74. The lowest BCUT2D eigenvalue weighted by molar-refractivity contribution is -0.121. The molecule has 1 amide bonds. The van der Waals surface area contributed by atoms with Gasteiger partial charge < -0.3 is 14.8 Å². The fraction of sp³-hybridized carbons (Fsp3) is 0.333. The van der Waals surface area contributed by atoms with Gasteiger partial charge in [0.25, 0.3) is 5.91 Å². The minimum Gasteiger partial charge on any atom is -0.490 e. The van der Waals surface area contributed by atoms with Crippen LogP contribution in [0.4, 0.5) is 0 Å². The molecule has 0 aliphatic carbocycles. The topological polar surface area (TPSA) is 50.8 Å². The number of nitrogens with zero attached hydrogens (tertiary/aromatic N) is 1. The number of carbonyl (C=O) groups excluding carboxylic acids is 1. The molecule has 1 fully saturated rings. The summed E-state index contributed by atoms with van der Waals surface area (Å²) in [4.78, 5) is 13.4. The van der Waals surface area contributed by atoms with Crippen LogP contribution in [0.5, 0.6) is 11.5 Å². The van der Waals surface area contributed by atoms with E-state index in [-0.39, 0.29) is 5.91 Å². The molecule has 0 radical (unpaired) electrons. The first-order valence-electron chi connectivity index (χ1n) is 6.87. The molecule has 0 bridgehead atoms. The molecule has 5 nitrogen and oxygen atoms in total. The Morgan fingerprint density at radius 2 is 1.86 bits per heavy atom. The minimum absolute atomic E-state index is 0.163. The second kappa shape index (κ2) is 7.11. The lowest BCUT2D eigenvalue weighted by atomic mass is 10.1. The molecular formula is C15H17BrN2O3S. The van der Waals surface area contributed by atoms with Crippen molar-refractivity contribution in [2.75, 3.05) is 20.3 Å². The zero-order chi connectivity index (χ0) is 16.3. The normalized spacial score (nSPS) is 16.2. The molecule has 1 aromatic rings. The Bertz CT molecular complexity index is 646. The number of carbonyl (C=O) groups is 1. The quantitative estimate of drug-likeness (QED) is 0.624. The van der Waals surface area contributed by atoms with E-state index >= 15 is 0 Å². The van der Waals surface area contributed by atoms with Crippen molar-refractivity contribution in [2.45, 2.75) is 13.8 Å². The van der Waals surface area contributed by atoms with Gasteiger partial charge in [-0.3, -0.25) is 9.69 Å². The molecule has 1 saturated heterocycles. The zero-order valence-electron chi connectivity index (χ0n) is 12.6. The summed E-state index contributed by atoms with van der Waals surface area (Å²) in [6.45, 7) is 4.90. The maximum absolute atomic E-state index is 12.0. The van der Waals surface area contributed by atoms with Crippen LogP contribution >= 0.6 is 28.1 Å². The molecule has 0 spiro atoms. The highest BCUT2D eigenvalue weighted by molar-refractivity contribution is 9.10. The van der Waals surface area contributed by atoms with E-state index in [0.29, 0.717) is 35.5 Å². The third kappa shape index (κ3) is 3.41. The minimum atomic E-state index is -0.163. The highest BCUT2D eigenvalue weighted by Crippen LogP contribution is 2.35. The SMILES string of the molecule is CCOc1cc(Br)c(/C=C2\NC(=S)N(C)C2=O)cc1OCC. The van der Waals surface area contributed by atoms with Gasteiger partial charge in [-0.05, 0) is 49.8 Å². The van der Waals surface area contributed by atoms with Crippen molar-refractivity contribution in [2.24, 2.45) is 0 Å². The van der Waals surface area contributed by atoms with Crippen LogP contribution in [0.1, 0.15) is 19.4 Å². The van der Waals surface area contributed by atoms with E-state index in [2.05, 4.69) is 21.2 Å². The molecule has 1 aliphatic rings. The van der Waals surface area contributed by atoms with Crippen LogP contribution in [0.15, 0.2) is 22.3 Å². The van der Waals surface area contributed by atoms with Crippen LogP contribution in [-0.2, 0) is 4.79 Å². The van der Waals surface area contributed by atoms with Crippen molar-refractivity contribution in [3.8, 4) is 11.5 Å². The van der Waals surface area contributed by atoms with Gasteiger partial charge in [0, 0.05) is 11.5 Å². The summed E-state index contributed by atoms with van der Waals surface area (Å²) >= 11 is 8.56. The number of thiocarbonyl (C=S) groups is 1. The number of nitrogens with one attached hydrogen (secondary N) is 1.